The minimum absolute atomic E-state index is 0.109. The van der Waals surface area contributed by atoms with E-state index in [9.17, 15) is 0 Å². The Hall–Kier alpha value is -2.36. The summed E-state index contributed by atoms with van der Waals surface area (Å²) in [6, 6.07) is 13.2. The molecule has 20 heavy (non-hydrogen) atoms. The molecular formula is C16H17NO3. The number of hydrogen-bond acceptors (Lipinski definition) is 4. The van der Waals surface area contributed by atoms with E-state index in [0.29, 0.717) is 13.2 Å². The van der Waals surface area contributed by atoms with E-state index in [-0.39, 0.29) is 6.10 Å². The number of nitrogens with two attached hydrogens (primary N) is 1. The Morgan fingerprint density at radius 1 is 1.20 bits per heavy atom. The molecule has 0 aliphatic carbocycles. The number of anilines is 1. The first-order valence-electron chi connectivity index (χ1n) is 6.60. The normalized spacial score (nSPS) is 16.8. The first-order chi connectivity index (χ1) is 9.72. The van der Waals surface area contributed by atoms with Gasteiger partial charge in [-0.2, -0.15) is 0 Å². The molecule has 3 rings (SSSR count). The Morgan fingerprint density at radius 2 is 2.00 bits per heavy atom. The number of para-hydroxylation sites is 2. The van der Waals surface area contributed by atoms with Gasteiger partial charge in [0, 0.05) is 5.69 Å². The van der Waals surface area contributed by atoms with Gasteiger partial charge in [0.15, 0.2) is 17.6 Å². The summed E-state index contributed by atoms with van der Waals surface area (Å²) in [5, 5.41) is 0. The third kappa shape index (κ3) is 2.64. The fraction of sp³-hybridized carbons (Fsp3) is 0.250. The third-order valence-corrected chi connectivity index (χ3v) is 3.19. The van der Waals surface area contributed by atoms with Crippen LogP contribution in [0, 0.1) is 6.92 Å². The van der Waals surface area contributed by atoms with Gasteiger partial charge in [-0.15, -0.1) is 0 Å². The number of fused-ring (bicyclic) bond motifs is 1. The van der Waals surface area contributed by atoms with Gasteiger partial charge in [-0.25, -0.2) is 0 Å². The Bertz CT molecular complexity index is 612. The van der Waals surface area contributed by atoms with Crippen molar-refractivity contribution in [3.63, 3.8) is 0 Å². The highest BCUT2D eigenvalue weighted by Gasteiger charge is 2.21. The van der Waals surface area contributed by atoms with Crippen molar-refractivity contribution in [3.05, 3.63) is 48.0 Å². The van der Waals surface area contributed by atoms with Crippen molar-refractivity contribution in [1.29, 1.82) is 0 Å². The van der Waals surface area contributed by atoms with E-state index >= 15 is 0 Å². The van der Waals surface area contributed by atoms with Gasteiger partial charge in [0.2, 0.25) is 0 Å². The van der Waals surface area contributed by atoms with Crippen molar-refractivity contribution in [1.82, 2.24) is 0 Å². The molecule has 2 N–H and O–H groups in total. The smallest absolute Gasteiger partial charge is 0.166 e. The maximum atomic E-state index is 5.84. The molecule has 0 spiro atoms. The van der Waals surface area contributed by atoms with Gasteiger partial charge >= 0.3 is 0 Å². The van der Waals surface area contributed by atoms with Gasteiger partial charge in [0.25, 0.3) is 0 Å². The summed E-state index contributed by atoms with van der Waals surface area (Å²) in [6.45, 7) is 2.91. The minimum atomic E-state index is -0.109. The Kier molecular flexibility index (Phi) is 3.37. The fourth-order valence-corrected chi connectivity index (χ4v) is 2.16. The second-order valence-electron chi connectivity index (χ2n) is 4.83. The number of hydrogen-bond donors (Lipinski definition) is 1. The fourth-order valence-electron chi connectivity index (χ4n) is 2.16. The number of ether oxygens (including phenoxy) is 3. The first kappa shape index (κ1) is 12.7. The number of rotatable bonds is 3. The van der Waals surface area contributed by atoms with Crippen molar-refractivity contribution in [2.45, 2.75) is 13.0 Å². The summed E-state index contributed by atoms with van der Waals surface area (Å²) in [4.78, 5) is 0. The van der Waals surface area contributed by atoms with Crippen LogP contribution in [0.25, 0.3) is 0 Å². The molecule has 4 nitrogen and oxygen atoms in total. The van der Waals surface area contributed by atoms with E-state index in [1.165, 1.54) is 0 Å². The lowest BCUT2D eigenvalue weighted by molar-refractivity contribution is 0.0534. The summed E-state index contributed by atoms with van der Waals surface area (Å²) in [7, 11) is 0. The van der Waals surface area contributed by atoms with Crippen molar-refractivity contribution in [2.75, 3.05) is 18.9 Å². The van der Waals surface area contributed by atoms with Gasteiger partial charge < -0.3 is 19.9 Å². The van der Waals surface area contributed by atoms with E-state index in [4.69, 9.17) is 19.9 Å². The van der Waals surface area contributed by atoms with Crippen molar-refractivity contribution in [3.8, 4) is 17.2 Å². The van der Waals surface area contributed by atoms with Gasteiger partial charge in [-0.3, -0.25) is 0 Å². The van der Waals surface area contributed by atoms with Gasteiger partial charge in [-0.05, 0) is 42.8 Å². The number of nitrogen functional groups attached to an aromatic ring is 1. The maximum absolute atomic E-state index is 5.84. The Balaban J connectivity index is 1.63. The van der Waals surface area contributed by atoms with Crippen LogP contribution in [0.15, 0.2) is 42.5 Å². The SMILES string of the molecule is Cc1cc(N)ccc1OCC1COc2ccccc2O1. The van der Waals surface area contributed by atoms with E-state index in [2.05, 4.69) is 0 Å². The molecule has 0 amide bonds. The number of benzene rings is 2. The summed E-state index contributed by atoms with van der Waals surface area (Å²) < 4.78 is 17.3. The molecule has 0 bridgehead atoms. The molecule has 1 aliphatic heterocycles. The lowest BCUT2D eigenvalue weighted by Crippen LogP contribution is -2.34. The van der Waals surface area contributed by atoms with Crippen LogP contribution in [0.5, 0.6) is 17.2 Å². The predicted molar refractivity (Wildman–Crippen MR) is 77.4 cm³/mol. The zero-order valence-corrected chi connectivity index (χ0v) is 11.3. The first-order valence-corrected chi connectivity index (χ1v) is 6.60. The van der Waals surface area contributed by atoms with Crippen LogP contribution in [0.3, 0.4) is 0 Å². The van der Waals surface area contributed by atoms with Crippen LogP contribution in [0.4, 0.5) is 5.69 Å². The zero-order chi connectivity index (χ0) is 13.9. The molecular weight excluding hydrogens is 254 g/mol. The molecule has 1 aliphatic rings. The lowest BCUT2D eigenvalue weighted by Gasteiger charge is -2.26. The summed E-state index contributed by atoms with van der Waals surface area (Å²) in [5.41, 5.74) is 7.47. The van der Waals surface area contributed by atoms with Crippen molar-refractivity contribution in [2.24, 2.45) is 0 Å². The molecule has 2 aromatic carbocycles. The molecule has 0 aromatic heterocycles. The minimum Gasteiger partial charge on any atom is -0.489 e. The highest BCUT2D eigenvalue weighted by Crippen LogP contribution is 2.31. The van der Waals surface area contributed by atoms with E-state index in [0.717, 1.165) is 28.5 Å². The van der Waals surface area contributed by atoms with Crippen LogP contribution < -0.4 is 19.9 Å². The predicted octanol–water partition coefficient (Wildman–Crippen LogP) is 2.80. The second kappa shape index (κ2) is 5.33. The topological polar surface area (TPSA) is 53.7 Å². The van der Waals surface area contributed by atoms with Gasteiger partial charge in [0.05, 0.1) is 0 Å². The van der Waals surface area contributed by atoms with E-state index < -0.39 is 0 Å². The average molecular weight is 271 g/mol. The summed E-state index contributed by atoms with van der Waals surface area (Å²) in [5.74, 6) is 2.37. The average Bonchev–Trinajstić information content (AvgIpc) is 2.46. The highest BCUT2D eigenvalue weighted by molar-refractivity contribution is 5.47. The molecule has 0 saturated heterocycles. The molecule has 1 heterocycles. The van der Waals surface area contributed by atoms with Crippen LogP contribution in [-0.4, -0.2) is 19.3 Å². The molecule has 0 radical (unpaired) electrons. The monoisotopic (exact) mass is 271 g/mol. The molecule has 2 aromatic rings. The summed E-state index contributed by atoms with van der Waals surface area (Å²) >= 11 is 0. The third-order valence-electron chi connectivity index (χ3n) is 3.19. The molecule has 0 saturated carbocycles. The van der Waals surface area contributed by atoms with Crippen LogP contribution >= 0.6 is 0 Å². The zero-order valence-electron chi connectivity index (χ0n) is 11.3. The van der Waals surface area contributed by atoms with Crippen LogP contribution in [0.2, 0.25) is 0 Å². The Labute approximate surface area is 118 Å². The number of aryl methyl sites for hydroxylation is 1. The van der Waals surface area contributed by atoms with Crippen molar-refractivity contribution < 1.29 is 14.2 Å². The van der Waals surface area contributed by atoms with E-state index in [1.807, 2.05) is 49.4 Å². The molecule has 4 heteroatoms. The molecule has 0 fully saturated rings. The summed E-state index contributed by atoms with van der Waals surface area (Å²) in [6.07, 6.45) is -0.109. The Morgan fingerprint density at radius 3 is 2.80 bits per heavy atom. The van der Waals surface area contributed by atoms with Crippen molar-refractivity contribution >= 4 is 5.69 Å². The standard InChI is InChI=1S/C16H17NO3/c1-11-8-12(17)6-7-14(11)18-9-13-10-19-15-4-2-3-5-16(15)20-13/h2-8,13H,9-10,17H2,1H3. The van der Waals surface area contributed by atoms with Gasteiger partial charge in [0.1, 0.15) is 19.0 Å². The lowest BCUT2D eigenvalue weighted by atomic mass is 10.2. The maximum Gasteiger partial charge on any atom is 0.166 e. The molecule has 104 valence electrons. The van der Waals surface area contributed by atoms with Crippen LogP contribution in [-0.2, 0) is 0 Å². The van der Waals surface area contributed by atoms with Gasteiger partial charge in [-0.1, -0.05) is 12.1 Å². The van der Waals surface area contributed by atoms with Crippen LogP contribution in [0.1, 0.15) is 5.56 Å². The largest absolute Gasteiger partial charge is 0.489 e. The highest BCUT2D eigenvalue weighted by atomic mass is 16.6. The molecule has 1 unspecified atom stereocenters. The quantitative estimate of drug-likeness (QED) is 0.872. The second-order valence-corrected chi connectivity index (χ2v) is 4.83. The molecule has 1 atom stereocenters. The van der Waals surface area contributed by atoms with E-state index in [1.54, 1.807) is 0 Å².